The van der Waals surface area contributed by atoms with E-state index in [1.54, 1.807) is 11.3 Å². The number of aryl methyl sites for hydroxylation is 1. The fraction of sp³-hybridized carbons (Fsp3) is 0.0833. The normalized spacial score (nSPS) is 9.71. The number of rotatable bonds is 1. The number of benzene rings is 1. The highest BCUT2D eigenvalue weighted by molar-refractivity contribution is 7.13. The molecule has 1 aromatic heterocycles. The van der Waals surface area contributed by atoms with Gasteiger partial charge in [-0.25, -0.2) is 0 Å². The minimum absolute atomic E-state index is 0.741. The molecule has 0 aliphatic heterocycles. The molecule has 0 fully saturated rings. The van der Waals surface area contributed by atoms with Gasteiger partial charge in [0.15, 0.2) is 0 Å². The molecule has 68 valence electrons. The zero-order valence-corrected chi connectivity index (χ0v) is 8.64. The monoisotopic (exact) mass is 199 g/mol. The highest BCUT2D eigenvalue weighted by Gasteiger charge is 2.01. The van der Waals surface area contributed by atoms with Gasteiger partial charge in [-0.15, -0.1) is 11.3 Å². The van der Waals surface area contributed by atoms with E-state index in [1.165, 1.54) is 11.1 Å². The first-order valence-corrected chi connectivity index (χ1v) is 5.23. The predicted molar refractivity (Wildman–Crippen MR) is 59.2 cm³/mol. The fourth-order valence-corrected chi connectivity index (χ4v) is 2.11. The Balaban J connectivity index is 2.40. The van der Waals surface area contributed by atoms with Crippen LogP contribution in [-0.2, 0) is 0 Å². The van der Waals surface area contributed by atoms with Crippen LogP contribution in [0.2, 0.25) is 0 Å². The van der Waals surface area contributed by atoms with Crippen molar-refractivity contribution in [3.63, 3.8) is 0 Å². The van der Waals surface area contributed by atoms with Gasteiger partial charge in [0.1, 0.15) is 6.07 Å². The van der Waals surface area contributed by atoms with E-state index in [0.29, 0.717) is 0 Å². The van der Waals surface area contributed by atoms with E-state index in [1.807, 2.05) is 11.4 Å². The maximum atomic E-state index is 8.70. The number of nitriles is 1. The molecular formula is C12H9NS. The molecule has 0 N–H and O–H groups in total. The van der Waals surface area contributed by atoms with Crippen molar-refractivity contribution in [2.24, 2.45) is 0 Å². The second kappa shape index (κ2) is 3.65. The zero-order valence-electron chi connectivity index (χ0n) is 7.82. The SMILES string of the molecule is Cc1ccc(-c2cc(C#N)cs2)cc1. The number of hydrogen-bond acceptors (Lipinski definition) is 2. The van der Waals surface area contributed by atoms with Gasteiger partial charge in [-0.1, -0.05) is 29.8 Å². The lowest BCUT2D eigenvalue weighted by atomic mass is 10.1. The summed E-state index contributed by atoms with van der Waals surface area (Å²) in [6.07, 6.45) is 0. The average Bonchev–Trinajstić information content (AvgIpc) is 2.67. The summed E-state index contributed by atoms with van der Waals surface area (Å²) >= 11 is 1.61. The Bertz CT molecular complexity index is 474. The first-order chi connectivity index (χ1) is 6.79. The quantitative estimate of drug-likeness (QED) is 0.688. The van der Waals surface area contributed by atoms with Crippen LogP contribution in [0.15, 0.2) is 35.7 Å². The van der Waals surface area contributed by atoms with Crippen molar-refractivity contribution in [1.82, 2.24) is 0 Å². The molecule has 0 radical (unpaired) electrons. The molecular weight excluding hydrogens is 190 g/mol. The van der Waals surface area contributed by atoms with Crippen molar-refractivity contribution in [1.29, 1.82) is 5.26 Å². The van der Waals surface area contributed by atoms with Crippen molar-refractivity contribution in [3.05, 3.63) is 46.8 Å². The summed E-state index contributed by atoms with van der Waals surface area (Å²) in [6, 6.07) is 12.4. The molecule has 0 saturated carbocycles. The van der Waals surface area contributed by atoms with Gasteiger partial charge in [-0.05, 0) is 18.6 Å². The van der Waals surface area contributed by atoms with Crippen molar-refractivity contribution in [3.8, 4) is 16.5 Å². The van der Waals surface area contributed by atoms with Crippen LogP contribution < -0.4 is 0 Å². The first-order valence-electron chi connectivity index (χ1n) is 4.35. The van der Waals surface area contributed by atoms with Crippen LogP contribution in [0, 0.1) is 18.3 Å². The summed E-state index contributed by atoms with van der Waals surface area (Å²) in [7, 11) is 0. The number of nitrogens with zero attached hydrogens (tertiary/aromatic N) is 1. The molecule has 1 heterocycles. The molecule has 2 aromatic rings. The van der Waals surface area contributed by atoms with E-state index in [-0.39, 0.29) is 0 Å². The van der Waals surface area contributed by atoms with Crippen molar-refractivity contribution < 1.29 is 0 Å². The van der Waals surface area contributed by atoms with Crippen LogP contribution >= 0.6 is 11.3 Å². The smallest absolute Gasteiger partial charge is 0.100 e. The molecule has 0 atom stereocenters. The maximum absolute atomic E-state index is 8.70. The van der Waals surface area contributed by atoms with Gasteiger partial charge in [0, 0.05) is 10.3 Å². The third-order valence-corrected chi connectivity index (χ3v) is 3.04. The highest BCUT2D eigenvalue weighted by Crippen LogP contribution is 2.26. The summed E-state index contributed by atoms with van der Waals surface area (Å²) in [4.78, 5) is 1.15. The van der Waals surface area contributed by atoms with Crippen LogP contribution in [-0.4, -0.2) is 0 Å². The van der Waals surface area contributed by atoms with Gasteiger partial charge in [-0.2, -0.15) is 5.26 Å². The molecule has 0 aliphatic rings. The van der Waals surface area contributed by atoms with E-state index < -0.39 is 0 Å². The molecule has 0 unspecified atom stereocenters. The van der Waals surface area contributed by atoms with Gasteiger partial charge in [-0.3, -0.25) is 0 Å². The molecule has 1 aromatic carbocycles. The van der Waals surface area contributed by atoms with Gasteiger partial charge in [0.2, 0.25) is 0 Å². The van der Waals surface area contributed by atoms with Gasteiger partial charge in [0.05, 0.1) is 5.56 Å². The van der Waals surface area contributed by atoms with E-state index >= 15 is 0 Å². The van der Waals surface area contributed by atoms with Crippen molar-refractivity contribution >= 4 is 11.3 Å². The lowest BCUT2D eigenvalue weighted by Crippen LogP contribution is -1.73. The standard InChI is InChI=1S/C12H9NS/c1-9-2-4-11(5-3-9)12-6-10(7-13)8-14-12/h2-6,8H,1H3. The molecule has 0 aliphatic carbocycles. The average molecular weight is 199 g/mol. The summed E-state index contributed by atoms with van der Waals surface area (Å²) < 4.78 is 0. The second-order valence-electron chi connectivity index (χ2n) is 3.18. The van der Waals surface area contributed by atoms with Crippen molar-refractivity contribution in [2.45, 2.75) is 6.92 Å². The van der Waals surface area contributed by atoms with Crippen LogP contribution in [0.4, 0.5) is 0 Å². The lowest BCUT2D eigenvalue weighted by molar-refractivity contribution is 1.47. The lowest BCUT2D eigenvalue weighted by Gasteiger charge is -1.96. The Kier molecular flexibility index (Phi) is 2.34. The van der Waals surface area contributed by atoms with Crippen molar-refractivity contribution in [2.75, 3.05) is 0 Å². The Hall–Kier alpha value is -1.59. The summed E-state index contributed by atoms with van der Waals surface area (Å²) in [6.45, 7) is 2.07. The number of hydrogen-bond donors (Lipinski definition) is 0. The highest BCUT2D eigenvalue weighted by atomic mass is 32.1. The molecule has 0 spiro atoms. The van der Waals surface area contributed by atoms with E-state index in [0.717, 1.165) is 10.4 Å². The summed E-state index contributed by atoms with van der Waals surface area (Å²) in [5, 5.41) is 10.6. The van der Waals surface area contributed by atoms with Crippen LogP contribution in [0.3, 0.4) is 0 Å². The largest absolute Gasteiger partial charge is 0.192 e. The van der Waals surface area contributed by atoms with Crippen LogP contribution in [0.1, 0.15) is 11.1 Å². The Morgan fingerprint density at radius 3 is 2.50 bits per heavy atom. The maximum Gasteiger partial charge on any atom is 0.100 e. The second-order valence-corrected chi connectivity index (χ2v) is 4.09. The third-order valence-electron chi connectivity index (χ3n) is 2.06. The van der Waals surface area contributed by atoms with Crippen LogP contribution in [0.5, 0.6) is 0 Å². The van der Waals surface area contributed by atoms with E-state index in [2.05, 4.69) is 37.3 Å². The first kappa shape index (κ1) is 8.98. The van der Waals surface area contributed by atoms with E-state index in [9.17, 15) is 0 Å². The third kappa shape index (κ3) is 1.68. The zero-order chi connectivity index (χ0) is 9.97. The topological polar surface area (TPSA) is 23.8 Å². The van der Waals surface area contributed by atoms with Gasteiger partial charge >= 0.3 is 0 Å². The Morgan fingerprint density at radius 1 is 1.21 bits per heavy atom. The molecule has 0 saturated heterocycles. The molecule has 0 amide bonds. The minimum atomic E-state index is 0.741. The van der Waals surface area contributed by atoms with Gasteiger partial charge < -0.3 is 0 Å². The molecule has 1 nitrogen and oxygen atoms in total. The molecule has 2 rings (SSSR count). The van der Waals surface area contributed by atoms with Crippen LogP contribution in [0.25, 0.3) is 10.4 Å². The molecule has 0 bridgehead atoms. The Morgan fingerprint density at radius 2 is 1.93 bits per heavy atom. The van der Waals surface area contributed by atoms with Gasteiger partial charge in [0.25, 0.3) is 0 Å². The summed E-state index contributed by atoms with van der Waals surface area (Å²) in [5.74, 6) is 0. The Labute approximate surface area is 87.3 Å². The predicted octanol–water partition coefficient (Wildman–Crippen LogP) is 3.60. The van der Waals surface area contributed by atoms with E-state index in [4.69, 9.17) is 5.26 Å². The number of thiophene rings is 1. The molecule has 14 heavy (non-hydrogen) atoms. The fourth-order valence-electron chi connectivity index (χ4n) is 1.26. The molecule has 2 heteroatoms. The minimum Gasteiger partial charge on any atom is -0.192 e. The summed E-state index contributed by atoms with van der Waals surface area (Å²) in [5.41, 5.74) is 3.18.